The van der Waals surface area contributed by atoms with Crippen molar-refractivity contribution in [3.63, 3.8) is 0 Å². The van der Waals surface area contributed by atoms with Crippen LogP contribution in [-0.2, 0) is 24.2 Å². The van der Waals surface area contributed by atoms with Gasteiger partial charge >= 0.3 is 5.97 Å². The Labute approximate surface area is 117 Å². The van der Waals surface area contributed by atoms with E-state index in [9.17, 15) is 18.0 Å². The van der Waals surface area contributed by atoms with Crippen LogP contribution in [-0.4, -0.2) is 69.3 Å². The van der Waals surface area contributed by atoms with Crippen molar-refractivity contribution in [3.05, 3.63) is 0 Å². The lowest BCUT2D eigenvalue weighted by Gasteiger charge is -2.24. The zero-order valence-corrected chi connectivity index (χ0v) is 12.1. The van der Waals surface area contributed by atoms with Crippen LogP contribution in [0.1, 0.15) is 12.8 Å². The summed E-state index contributed by atoms with van der Waals surface area (Å²) in [6.45, 7) is 0.527. The zero-order valence-electron chi connectivity index (χ0n) is 11.3. The van der Waals surface area contributed by atoms with E-state index >= 15 is 0 Å². The Hall–Kier alpha value is -1.19. The molecular weight excluding hydrogens is 288 g/mol. The van der Waals surface area contributed by atoms with Gasteiger partial charge in [-0.1, -0.05) is 0 Å². The SMILES string of the molecule is COCCC(NC(=O)CC1CS(=O)(=O)CCN1)C(=O)O. The van der Waals surface area contributed by atoms with Crippen LogP contribution in [0, 0.1) is 0 Å². The highest BCUT2D eigenvalue weighted by Crippen LogP contribution is 2.05. The number of carboxylic acids is 1. The summed E-state index contributed by atoms with van der Waals surface area (Å²) in [5.74, 6) is -1.66. The molecule has 1 heterocycles. The molecule has 20 heavy (non-hydrogen) atoms. The zero-order chi connectivity index (χ0) is 15.2. The maximum Gasteiger partial charge on any atom is 0.326 e. The maximum atomic E-state index is 11.8. The molecule has 9 heteroatoms. The predicted octanol–water partition coefficient (Wildman–Crippen LogP) is -1.63. The molecule has 0 aromatic carbocycles. The first-order chi connectivity index (χ1) is 9.34. The molecule has 1 rings (SSSR count). The van der Waals surface area contributed by atoms with Gasteiger partial charge in [0.1, 0.15) is 6.04 Å². The van der Waals surface area contributed by atoms with Crippen molar-refractivity contribution in [1.82, 2.24) is 10.6 Å². The van der Waals surface area contributed by atoms with Crippen LogP contribution >= 0.6 is 0 Å². The Kier molecular flexibility index (Phi) is 6.37. The number of sulfone groups is 1. The number of nitrogens with one attached hydrogen (secondary N) is 2. The van der Waals surface area contributed by atoms with Gasteiger partial charge in [0.2, 0.25) is 5.91 Å². The van der Waals surface area contributed by atoms with Crippen LogP contribution in [0.5, 0.6) is 0 Å². The molecule has 1 aliphatic heterocycles. The van der Waals surface area contributed by atoms with E-state index in [4.69, 9.17) is 9.84 Å². The molecule has 0 radical (unpaired) electrons. The number of methoxy groups -OCH3 is 1. The second kappa shape index (κ2) is 7.55. The fourth-order valence-electron chi connectivity index (χ4n) is 1.97. The van der Waals surface area contributed by atoms with Crippen molar-refractivity contribution >= 4 is 21.7 Å². The van der Waals surface area contributed by atoms with E-state index in [0.29, 0.717) is 6.54 Å². The van der Waals surface area contributed by atoms with E-state index in [1.807, 2.05) is 0 Å². The number of carbonyl (C=O) groups is 2. The molecule has 1 aliphatic rings. The number of amides is 1. The van der Waals surface area contributed by atoms with Crippen LogP contribution in [0.3, 0.4) is 0 Å². The quantitative estimate of drug-likeness (QED) is 0.516. The second-order valence-corrected chi connectivity index (χ2v) is 6.94. The highest BCUT2D eigenvalue weighted by molar-refractivity contribution is 7.91. The van der Waals surface area contributed by atoms with Gasteiger partial charge in [0.05, 0.1) is 11.5 Å². The van der Waals surface area contributed by atoms with Crippen LogP contribution in [0.2, 0.25) is 0 Å². The average molecular weight is 308 g/mol. The molecule has 0 spiro atoms. The molecule has 2 unspecified atom stereocenters. The highest BCUT2D eigenvalue weighted by Gasteiger charge is 2.27. The van der Waals surface area contributed by atoms with E-state index in [2.05, 4.69) is 10.6 Å². The molecule has 0 bridgehead atoms. The minimum atomic E-state index is -3.12. The van der Waals surface area contributed by atoms with Crippen LogP contribution in [0.25, 0.3) is 0 Å². The minimum absolute atomic E-state index is 0.0595. The molecule has 0 saturated carbocycles. The summed E-state index contributed by atoms with van der Waals surface area (Å²) in [6, 6.07) is -1.49. The van der Waals surface area contributed by atoms with Crippen molar-refractivity contribution in [2.24, 2.45) is 0 Å². The van der Waals surface area contributed by atoms with Crippen LogP contribution < -0.4 is 10.6 Å². The Morgan fingerprint density at radius 3 is 2.75 bits per heavy atom. The van der Waals surface area contributed by atoms with Gasteiger partial charge in [-0.3, -0.25) is 4.79 Å². The van der Waals surface area contributed by atoms with Gasteiger partial charge < -0.3 is 20.5 Å². The van der Waals surface area contributed by atoms with Gasteiger partial charge in [0, 0.05) is 39.1 Å². The lowest BCUT2D eigenvalue weighted by molar-refractivity contribution is -0.142. The van der Waals surface area contributed by atoms with Gasteiger partial charge in [0.15, 0.2) is 9.84 Å². The van der Waals surface area contributed by atoms with Crippen LogP contribution in [0.15, 0.2) is 0 Å². The van der Waals surface area contributed by atoms with Crippen molar-refractivity contribution in [2.75, 3.05) is 31.8 Å². The summed E-state index contributed by atoms with van der Waals surface area (Å²) < 4.78 is 27.6. The average Bonchev–Trinajstić information content (AvgIpc) is 2.32. The summed E-state index contributed by atoms with van der Waals surface area (Å²) in [6.07, 6.45) is 0.101. The Morgan fingerprint density at radius 2 is 2.20 bits per heavy atom. The monoisotopic (exact) mass is 308 g/mol. The normalized spacial score (nSPS) is 22.9. The summed E-state index contributed by atoms with van der Waals surface area (Å²) in [5, 5.41) is 14.3. The maximum absolute atomic E-state index is 11.8. The first-order valence-electron chi connectivity index (χ1n) is 6.29. The summed E-state index contributed by atoms with van der Waals surface area (Å²) >= 11 is 0. The molecule has 1 saturated heterocycles. The summed E-state index contributed by atoms with van der Waals surface area (Å²) in [4.78, 5) is 22.7. The standard InChI is InChI=1S/C11H20N2O6S/c1-19-4-2-9(11(15)16)13-10(14)6-8-7-20(17,18)5-3-12-8/h8-9,12H,2-7H2,1H3,(H,13,14)(H,15,16). The second-order valence-electron chi connectivity index (χ2n) is 4.71. The molecule has 2 atom stereocenters. The number of hydrogen-bond acceptors (Lipinski definition) is 6. The Morgan fingerprint density at radius 1 is 1.50 bits per heavy atom. The van der Waals surface area contributed by atoms with E-state index < -0.39 is 33.8 Å². The third kappa shape index (κ3) is 5.85. The molecule has 0 aromatic heterocycles. The number of aliphatic carboxylic acids is 1. The molecule has 8 nitrogen and oxygen atoms in total. The Bertz CT molecular complexity index is 450. The number of rotatable bonds is 7. The number of ether oxygens (including phenoxy) is 1. The van der Waals surface area contributed by atoms with Gasteiger partial charge in [-0.2, -0.15) is 0 Å². The lowest BCUT2D eigenvalue weighted by Crippen LogP contribution is -2.49. The Balaban J connectivity index is 2.47. The largest absolute Gasteiger partial charge is 0.480 e. The van der Waals surface area contributed by atoms with Gasteiger partial charge in [0.25, 0.3) is 0 Å². The molecular formula is C11H20N2O6S. The number of carboxylic acid groups (broad SMARTS) is 1. The van der Waals surface area contributed by atoms with Crippen molar-refractivity contribution < 1.29 is 27.9 Å². The molecule has 3 N–H and O–H groups in total. The van der Waals surface area contributed by atoms with E-state index in [0.717, 1.165) is 0 Å². The van der Waals surface area contributed by atoms with Crippen LogP contribution in [0.4, 0.5) is 0 Å². The van der Waals surface area contributed by atoms with E-state index in [-0.39, 0.29) is 31.0 Å². The smallest absolute Gasteiger partial charge is 0.326 e. The first-order valence-corrected chi connectivity index (χ1v) is 8.11. The molecule has 0 aliphatic carbocycles. The molecule has 1 fully saturated rings. The van der Waals surface area contributed by atoms with Crippen molar-refractivity contribution in [2.45, 2.75) is 24.9 Å². The van der Waals surface area contributed by atoms with Crippen molar-refractivity contribution in [3.8, 4) is 0 Å². The highest BCUT2D eigenvalue weighted by atomic mass is 32.2. The third-order valence-electron chi connectivity index (χ3n) is 2.98. The van der Waals surface area contributed by atoms with E-state index in [1.54, 1.807) is 0 Å². The molecule has 116 valence electrons. The summed E-state index contributed by atoms with van der Waals surface area (Å²) in [5.41, 5.74) is 0. The van der Waals surface area contributed by atoms with Gasteiger partial charge in [-0.05, 0) is 0 Å². The number of carbonyl (C=O) groups excluding carboxylic acids is 1. The fourth-order valence-corrected chi connectivity index (χ4v) is 3.41. The minimum Gasteiger partial charge on any atom is -0.480 e. The predicted molar refractivity (Wildman–Crippen MR) is 71.1 cm³/mol. The summed E-state index contributed by atoms with van der Waals surface area (Å²) in [7, 11) is -1.67. The number of hydrogen-bond donors (Lipinski definition) is 3. The third-order valence-corrected chi connectivity index (χ3v) is 4.71. The first kappa shape index (κ1) is 16.9. The van der Waals surface area contributed by atoms with E-state index in [1.165, 1.54) is 7.11 Å². The van der Waals surface area contributed by atoms with Gasteiger partial charge in [-0.25, -0.2) is 13.2 Å². The fraction of sp³-hybridized carbons (Fsp3) is 0.818. The molecule has 0 aromatic rings. The molecule has 1 amide bonds. The van der Waals surface area contributed by atoms with Gasteiger partial charge in [-0.15, -0.1) is 0 Å². The topological polar surface area (TPSA) is 122 Å². The lowest BCUT2D eigenvalue weighted by atomic mass is 10.1. The van der Waals surface area contributed by atoms with Crippen molar-refractivity contribution in [1.29, 1.82) is 0 Å².